The highest BCUT2D eigenvalue weighted by molar-refractivity contribution is 7.13. The molecule has 1 aromatic carbocycles. The monoisotopic (exact) mass is 196 g/mol. The minimum absolute atomic E-state index is 0.914. The number of nitrogens with one attached hydrogen (secondary N) is 1. The number of aromatic nitrogens is 3. The molecule has 0 spiro atoms. The van der Waals surface area contributed by atoms with Crippen LogP contribution in [0.1, 0.15) is 0 Å². The molecule has 1 heterocycles. The molecular formula is C8H13N4P. The Hall–Kier alpha value is -0.990. The van der Waals surface area contributed by atoms with E-state index in [9.17, 15) is 0 Å². The van der Waals surface area contributed by atoms with Crippen LogP contribution >= 0.6 is 9.39 Å². The summed E-state index contributed by atoms with van der Waals surface area (Å²) >= 11 is 0. The third kappa shape index (κ3) is 3.49. The van der Waals surface area contributed by atoms with E-state index in [1.807, 2.05) is 43.0 Å². The number of fused-ring (bicyclic) bond motifs is 1. The van der Waals surface area contributed by atoms with Gasteiger partial charge in [0.15, 0.2) is 0 Å². The Bertz CT molecular complexity index is 325. The number of H-pyrrole nitrogens is 1. The Balaban J connectivity index is 0.000000184. The van der Waals surface area contributed by atoms with Crippen molar-refractivity contribution >= 4 is 20.4 Å². The molecule has 0 aliphatic carbocycles. The summed E-state index contributed by atoms with van der Waals surface area (Å²) in [5.74, 6) is 0. The Kier molecular flexibility index (Phi) is 3.80. The predicted octanol–water partition coefficient (Wildman–Crippen LogP) is 1.30. The highest BCUT2D eigenvalue weighted by atomic mass is 31.0. The van der Waals surface area contributed by atoms with Crippen molar-refractivity contribution in [1.82, 2.24) is 20.1 Å². The van der Waals surface area contributed by atoms with Gasteiger partial charge < -0.3 is 0 Å². The summed E-state index contributed by atoms with van der Waals surface area (Å²) in [6, 6.07) is 7.74. The molecule has 0 saturated heterocycles. The Morgan fingerprint density at radius 1 is 1.31 bits per heavy atom. The van der Waals surface area contributed by atoms with Crippen molar-refractivity contribution < 1.29 is 0 Å². The van der Waals surface area contributed by atoms with Gasteiger partial charge in [0, 0.05) is 0 Å². The third-order valence-electron chi connectivity index (χ3n) is 1.23. The Morgan fingerprint density at radius 3 is 2.54 bits per heavy atom. The van der Waals surface area contributed by atoms with E-state index in [1.54, 1.807) is 0 Å². The van der Waals surface area contributed by atoms with Gasteiger partial charge in [-0.1, -0.05) is 26.7 Å². The lowest BCUT2D eigenvalue weighted by Gasteiger charge is -1.90. The highest BCUT2D eigenvalue weighted by Crippen LogP contribution is 2.03. The molecule has 1 N–H and O–H groups in total. The van der Waals surface area contributed by atoms with Gasteiger partial charge in [-0.15, -0.1) is 5.10 Å². The van der Waals surface area contributed by atoms with Crippen molar-refractivity contribution in [3.05, 3.63) is 24.3 Å². The quantitative estimate of drug-likeness (QED) is 0.646. The fourth-order valence-corrected chi connectivity index (χ4v) is 0.788. The number of para-hydroxylation sites is 1. The molecule has 70 valence electrons. The molecule has 0 amide bonds. The van der Waals surface area contributed by atoms with E-state index >= 15 is 0 Å². The van der Waals surface area contributed by atoms with E-state index in [-0.39, 0.29) is 0 Å². The van der Waals surface area contributed by atoms with Crippen LogP contribution in [-0.2, 0) is 0 Å². The second-order valence-corrected chi connectivity index (χ2v) is 3.83. The molecule has 2 aromatic rings. The maximum atomic E-state index is 3.81. The van der Waals surface area contributed by atoms with E-state index in [2.05, 4.69) is 24.8 Å². The van der Waals surface area contributed by atoms with Gasteiger partial charge in [0.2, 0.25) is 0 Å². The number of hydrogen-bond acceptors (Lipinski definition) is 3. The first-order chi connectivity index (χ1) is 6.20. The van der Waals surface area contributed by atoms with E-state index in [0.29, 0.717) is 0 Å². The molecule has 0 fully saturated rings. The molecule has 0 aliphatic rings. The lowest BCUT2D eigenvalue weighted by molar-refractivity contribution is 0.703. The van der Waals surface area contributed by atoms with E-state index in [0.717, 1.165) is 11.0 Å². The standard InChI is InChI=1S/C6H5N3.C2H8NP/c1-2-4-6-5(3-1)7-9-8-6;1-3(2)4/h1-4H,(H,7,8,9);4H2,1-2H3. The average Bonchev–Trinajstić information content (AvgIpc) is 2.49. The molecule has 13 heavy (non-hydrogen) atoms. The number of nitrogens with zero attached hydrogens (tertiary/aromatic N) is 3. The van der Waals surface area contributed by atoms with Crippen LogP contribution in [0.2, 0.25) is 0 Å². The largest absolute Gasteiger partial charge is 0.293 e. The maximum Gasteiger partial charge on any atom is 0.112 e. The van der Waals surface area contributed by atoms with E-state index in [1.165, 1.54) is 0 Å². The van der Waals surface area contributed by atoms with Gasteiger partial charge in [-0.3, -0.25) is 9.77 Å². The summed E-state index contributed by atoms with van der Waals surface area (Å²) < 4.78 is 1.92. The van der Waals surface area contributed by atoms with Gasteiger partial charge >= 0.3 is 0 Å². The molecule has 0 radical (unpaired) electrons. The summed E-state index contributed by atoms with van der Waals surface area (Å²) in [6.45, 7) is 0. The van der Waals surface area contributed by atoms with Crippen LogP contribution in [0.4, 0.5) is 0 Å². The molecule has 4 nitrogen and oxygen atoms in total. The van der Waals surface area contributed by atoms with Crippen LogP contribution in [0.15, 0.2) is 24.3 Å². The van der Waals surface area contributed by atoms with E-state index < -0.39 is 0 Å². The summed E-state index contributed by atoms with van der Waals surface area (Å²) in [5.41, 5.74) is 1.90. The van der Waals surface area contributed by atoms with Crippen LogP contribution in [0.3, 0.4) is 0 Å². The molecule has 1 unspecified atom stereocenters. The van der Waals surface area contributed by atoms with E-state index in [4.69, 9.17) is 0 Å². The molecule has 1 aromatic heterocycles. The highest BCUT2D eigenvalue weighted by Gasteiger charge is 1.90. The van der Waals surface area contributed by atoms with Crippen LogP contribution in [0.25, 0.3) is 11.0 Å². The van der Waals surface area contributed by atoms with Gasteiger partial charge in [0.05, 0.1) is 5.52 Å². The summed E-state index contributed by atoms with van der Waals surface area (Å²) in [6.07, 6.45) is 0. The molecular weight excluding hydrogens is 183 g/mol. The molecule has 2 rings (SSSR count). The summed E-state index contributed by atoms with van der Waals surface area (Å²) in [4.78, 5) is 0. The minimum Gasteiger partial charge on any atom is -0.293 e. The molecule has 0 saturated carbocycles. The van der Waals surface area contributed by atoms with Gasteiger partial charge in [-0.2, -0.15) is 0 Å². The van der Waals surface area contributed by atoms with Crippen molar-refractivity contribution in [2.24, 2.45) is 0 Å². The molecule has 1 atom stereocenters. The Labute approximate surface area is 79.6 Å². The van der Waals surface area contributed by atoms with Crippen LogP contribution in [-0.4, -0.2) is 34.2 Å². The number of hydrogen-bond donors (Lipinski definition) is 1. The minimum atomic E-state index is 0.914. The zero-order chi connectivity index (χ0) is 9.68. The van der Waals surface area contributed by atoms with Crippen molar-refractivity contribution in [3.63, 3.8) is 0 Å². The van der Waals surface area contributed by atoms with Crippen molar-refractivity contribution in [1.29, 1.82) is 0 Å². The first-order valence-corrected chi connectivity index (χ1v) is 4.39. The number of benzene rings is 1. The normalized spacial score (nSPS) is 9.85. The number of aromatic amines is 1. The van der Waals surface area contributed by atoms with Crippen molar-refractivity contribution in [2.75, 3.05) is 14.1 Å². The topological polar surface area (TPSA) is 44.8 Å². The van der Waals surface area contributed by atoms with Crippen LogP contribution in [0.5, 0.6) is 0 Å². The van der Waals surface area contributed by atoms with Gasteiger partial charge in [0.1, 0.15) is 5.52 Å². The van der Waals surface area contributed by atoms with Crippen LogP contribution < -0.4 is 0 Å². The van der Waals surface area contributed by atoms with Gasteiger partial charge in [-0.05, 0) is 26.2 Å². The van der Waals surface area contributed by atoms with Gasteiger partial charge in [-0.25, -0.2) is 0 Å². The fourth-order valence-electron chi connectivity index (χ4n) is 0.788. The zero-order valence-electron chi connectivity index (χ0n) is 7.73. The predicted molar refractivity (Wildman–Crippen MR) is 57.3 cm³/mol. The molecule has 0 bridgehead atoms. The average molecular weight is 196 g/mol. The number of rotatable bonds is 0. The zero-order valence-corrected chi connectivity index (χ0v) is 8.88. The molecule has 0 aliphatic heterocycles. The van der Waals surface area contributed by atoms with Crippen molar-refractivity contribution in [3.8, 4) is 0 Å². The summed E-state index contributed by atoms with van der Waals surface area (Å²) in [5, 5.41) is 10.2. The lowest BCUT2D eigenvalue weighted by atomic mass is 10.3. The molecule has 5 heteroatoms. The summed E-state index contributed by atoms with van der Waals surface area (Å²) in [7, 11) is 6.42. The first kappa shape index (κ1) is 10.1. The Morgan fingerprint density at radius 2 is 1.92 bits per heavy atom. The smallest absolute Gasteiger partial charge is 0.112 e. The lowest BCUT2D eigenvalue weighted by Crippen LogP contribution is -1.88. The SMILES string of the molecule is CN(C)P.c1ccc2[nH]nnc2c1. The second kappa shape index (κ2) is 4.90. The van der Waals surface area contributed by atoms with Gasteiger partial charge in [0.25, 0.3) is 0 Å². The maximum absolute atomic E-state index is 3.81. The first-order valence-electron chi connectivity index (χ1n) is 3.88. The fraction of sp³-hybridized carbons (Fsp3) is 0.250. The van der Waals surface area contributed by atoms with Crippen molar-refractivity contribution in [2.45, 2.75) is 0 Å². The second-order valence-electron chi connectivity index (χ2n) is 2.79. The third-order valence-corrected chi connectivity index (χ3v) is 1.23. The van der Waals surface area contributed by atoms with Crippen LogP contribution in [0, 0.1) is 0 Å².